The Labute approximate surface area is 103 Å². The predicted molar refractivity (Wildman–Crippen MR) is 57.2 cm³/mol. The van der Waals surface area contributed by atoms with Crippen molar-refractivity contribution in [2.75, 3.05) is 0 Å². The average Bonchev–Trinajstić information content (AvgIpc) is 2.04. The molecule has 2 N–H and O–H groups in total. The van der Waals surface area contributed by atoms with Gasteiger partial charge in [-0.1, -0.05) is 0 Å². The minimum atomic E-state index is -4.88. The van der Waals surface area contributed by atoms with E-state index in [1.165, 1.54) is 6.07 Å². The molecule has 0 aliphatic carbocycles. The molecule has 4 nitrogen and oxygen atoms in total. The van der Waals surface area contributed by atoms with Gasteiger partial charge in [-0.05, 0) is 34.7 Å². The van der Waals surface area contributed by atoms with Gasteiger partial charge >= 0.3 is 6.36 Å². The normalized spacial score (nSPS) is 12.6. The summed E-state index contributed by atoms with van der Waals surface area (Å²) in [6.45, 7) is 0. The van der Waals surface area contributed by atoms with Crippen molar-refractivity contribution in [1.29, 1.82) is 0 Å². The molecular formula is C7H5F3INO3S. The van der Waals surface area contributed by atoms with Crippen molar-refractivity contribution in [2.45, 2.75) is 11.3 Å². The summed E-state index contributed by atoms with van der Waals surface area (Å²) in [5.74, 6) is -0.598. The lowest BCUT2D eigenvalue weighted by atomic mass is 10.3. The molecule has 0 aliphatic rings. The third kappa shape index (κ3) is 3.79. The van der Waals surface area contributed by atoms with Gasteiger partial charge < -0.3 is 4.74 Å². The van der Waals surface area contributed by atoms with Crippen LogP contribution in [0.15, 0.2) is 23.1 Å². The van der Waals surface area contributed by atoms with E-state index in [1.807, 2.05) is 0 Å². The second-order valence-corrected chi connectivity index (χ2v) is 5.41. The van der Waals surface area contributed by atoms with Crippen molar-refractivity contribution in [2.24, 2.45) is 5.14 Å². The van der Waals surface area contributed by atoms with Crippen LogP contribution in [0.5, 0.6) is 5.75 Å². The van der Waals surface area contributed by atoms with Gasteiger partial charge in [0.1, 0.15) is 5.75 Å². The molecule has 0 amide bonds. The summed E-state index contributed by atoms with van der Waals surface area (Å²) in [7, 11) is -4.05. The van der Waals surface area contributed by atoms with Crippen LogP contribution >= 0.6 is 22.6 Å². The Morgan fingerprint density at radius 1 is 1.31 bits per heavy atom. The molecule has 0 fully saturated rings. The maximum absolute atomic E-state index is 11.9. The lowest BCUT2D eigenvalue weighted by Gasteiger charge is -2.11. The van der Waals surface area contributed by atoms with Crippen LogP contribution in [0.1, 0.15) is 0 Å². The summed E-state index contributed by atoms with van der Waals surface area (Å²) >= 11 is 1.58. The lowest BCUT2D eigenvalue weighted by Crippen LogP contribution is -2.19. The summed E-state index contributed by atoms with van der Waals surface area (Å²) in [6.07, 6.45) is -4.88. The van der Waals surface area contributed by atoms with Gasteiger partial charge in [0.25, 0.3) is 0 Å². The molecular weight excluding hydrogens is 362 g/mol. The number of nitrogens with two attached hydrogens (primary N) is 1. The largest absolute Gasteiger partial charge is 0.573 e. The number of sulfonamides is 1. The number of halogens is 4. The van der Waals surface area contributed by atoms with E-state index in [0.29, 0.717) is 0 Å². The van der Waals surface area contributed by atoms with Gasteiger partial charge in [0.15, 0.2) is 0 Å². The summed E-state index contributed by atoms with van der Waals surface area (Å²) in [5.41, 5.74) is 0. The van der Waals surface area contributed by atoms with Gasteiger partial charge in [-0.3, -0.25) is 0 Å². The molecule has 0 bridgehead atoms. The molecule has 0 aromatic heterocycles. The zero-order valence-electron chi connectivity index (χ0n) is 7.45. The third-order valence-corrected chi connectivity index (χ3v) is 3.26. The summed E-state index contributed by atoms with van der Waals surface area (Å²) in [6, 6.07) is 2.99. The van der Waals surface area contributed by atoms with Crippen molar-refractivity contribution in [1.82, 2.24) is 0 Å². The molecule has 0 unspecified atom stereocenters. The maximum atomic E-state index is 11.9. The number of hydrogen-bond donors (Lipinski definition) is 1. The number of alkyl halides is 3. The lowest BCUT2D eigenvalue weighted by molar-refractivity contribution is -0.275. The molecule has 0 atom stereocenters. The highest BCUT2D eigenvalue weighted by atomic mass is 127. The van der Waals surface area contributed by atoms with Gasteiger partial charge in [0.05, 0.1) is 8.47 Å². The van der Waals surface area contributed by atoms with E-state index >= 15 is 0 Å². The molecule has 1 rings (SSSR count). The van der Waals surface area contributed by atoms with Crippen molar-refractivity contribution < 1.29 is 26.3 Å². The van der Waals surface area contributed by atoms with E-state index in [4.69, 9.17) is 5.14 Å². The van der Waals surface area contributed by atoms with Crippen LogP contribution in [0, 0.1) is 3.57 Å². The first-order valence-corrected chi connectivity index (χ1v) is 6.30. The van der Waals surface area contributed by atoms with E-state index in [0.717, 1.165) is 12.1 Å². The summed E-state index contributed by atoms with van der Waals surface area (Å²) in [4.78, 5) is -0.438. The van der Waals surface area contributed by atoms with Crippen LogP contribution in [0.3, 0.4) is 0 Å². The van der Waals surface area contributed by atoms with E-state index in [-0.39, 0.29) is 3.57 Å². The first kappa shape index (κ1) is 13.5. The summed E-state index contributed by atoms with van der Waals surface area (Å²) in [5, 5.41) is 4.77. The Kier molecular flexibility index (Phi) is 3.69. The second-order valence-electron chi connectivity index (χ2n) is 2.69. The number of rotatable bonds is 2. The number of benzene rings is 1. The highest BCUT2D eigenvalue weighted by molar-refractivity contribution is 14.1. The molecule has 1 aromatic rings. The molecule has 90 valence electrons. The van der Waals surface area contributed by atoms with Gasteiger partial charge in [0.2, 0.25) is 10.0 Å². The van der Waals surface area contributed by atoms with Crippen LogP contribution in [-0.2, 0) is 10.0 Å². The topological polar surface area (TPSA) is 69.4 Å². The maximum Gasteiger partial charge on any atom is 0.573 e. The van der Waals surface area contributed by atoms with Crippen LogP contribution in [0.25, 0.3) is 0 Å². The Morgan fingerprint density at radius 2 is 1.88 bits per heavy atom. The monoisotopic (exact) mass is 367 g/mol. The molecule has 1 aromatic carbocycles. The quantitative estimate of drug-likeness (QED) is 0.812. The first-order valence-electron chi connectivity index (χ1n) is 3.68. The number of ether oxygens (including phenoxy) is 1. The fraction of sp³-hybridized carbons (Fsp3) is 0.143. The van der Waals surface area contributed by atoms with Crippen LogP contribution in [0.2, 0.25) is 0 Å². The smallest absolute Gasteiger partial charge is 0.405 e. The average molecular weight is 367 g/mol. The molecule has 0 radical (unpaired) electrons. The zero-order chi connectivity index (χ0) is 12.6. The molecule has 16 heavy (non-hydrogen) atoms. The van der Waals surface area contributed by atoms with E-state index in [1.54, 1.807) is 22.6 Å². The number of hydrogen-bond acceptors (Lipinski definition) is 3. The second kappa shape index (κ2) is 4.37. The van der Waals surface area contributed by atoms with Crippen molar-refractivity contribution in [3.05, 3.63) is 21.8 Å². The fourth-order valence-electron chi connectivity index (χ4n) is 0.864. The van der Waals surface area contributed by atoms with Crippen molar-refractivity contribution >= 4 is 32.6 Å². The van der Waals surface area contributed by atoms with Crippen LogP contribution < -0.4 is 9.88 Å². The standard InChI is InChI=1S/C7H5F3INO3S/c8-7(9,10)15-6-3-4(16(12,13)14)1-2-5(6)11/h1-3H,(H2,12,13,14). The van der Waals surface area contributed by atoms with E-state index < -0.39 is 27.0 Å². The summed E-state index contributed by atoms with van der Waals surface area (Å²) < 4.78 is 61.4. The SMILES string of the molecule is NS(=O)(=O)c1ccc(I)c(OC(F)(F)F)c1. The van der Waals surface area contributed by atoms with E-state index in [9.17, 15) is 21.6 Å². The Morgan fingerprint density at radius 3 is 2.31 bits per heavy atom. The first-order chi connectivity index (χ1) is 7.09. The van der Waals surface area contributed by atoms with Gasteiger partial charge in [-0.25, -0.2) is 13.6 Å². The van der Waals surface area contributed by atoms with Crippen molar-refractivity contribution in [3.8, 4) is 5.75 Å². The van der Waals surface area contributed by atoms with Gasteiger partial charge in [-0.2, -0.15) is 0 Å². The minimum Gasteiger partial charge on any atom is -0.405 e. The van der Waals surface area contributed by atoms with Crippen LogP contribution in [0.4, 0.5) is 13.2 Å². The van der Waals surface area contributed by atoms with Gasteiger partial charge in [-0.15, -0.1) is 13.2 Å². The predicted octanol–water partition coefficient (Wildman–Crippen LogP) is 1.84. The Balaban J connectivity index is 3.20. The third-order valence-electron chi connectivity index (χ3n) is 1.46. The molecule has 9 heteroatoms. The zero-order valence-corrected chi connectivity index (χ0v) is 10.4. The minimum absolute atomic E-state index is 0.127. The molecule has 0 saturated heterocycles. The van der Waals surface area contributed by atoms with Crippen molar-refractivity contribution in [3.63, 3.8) is 0 Å². The Hall–Kier alpha value is -0.550. The number of primary sulfonamides is 1. The molecule has 0 heterocycles. The fourth-order valence-corrected chi connectivity index (χ4v) is 1.84. The highest BCUT2D eigenvalue weighted by Crippen LogP contribution is 2.29. The highest BCUT2D eigenvalue weighted by Gasteiger charge is 2.32. The molecule has 0 aliphatic heterocycles. The molecule has 0 spiro atoms. The van der Waals surface area contributed by atoms with E-state index in [2.05, 4.69) is 4.74 Å². The van der Waals surface area contributed by atoms with Gasteiger partial charge in [0, 0.05) is 6.07 Å². The molecule has 0 saturated carbocycles. The van der Waals surface area contributed by atoms with Crippen LogP contribution in [-0.4, -0.2) is 14.8 Å². The Bertz CT molecular complexity index is 500.